The summed E-state index contributed by atoms with van der Waals surface area (Å²) in [6, 6.07) is 8.60. The Labute approximate surface area is 152 Å². The molecule has 0 aliphatic carbocycles. The van der Waals surface area contributed by atoms with E-state index in [2.05, 4.69) is 31.2 Å². The minimum Gasteiger partial charge on any atom is -0.378 e. The van der Waals surface area contributed by atoms with Crippen molar-refractivity contribution in [3.05, 3.63) is 35.4 Å². The summed E-state index contributed by atoms with van der Waals surface area (Å²) in [5.41, 5.74) is 8.06. The number of ether oxygens (including phenoxy) is 1. The number of benzene rings is 1. The van der Waals surface area contributed by atoms with E-state index in [9.17, 15) is 4.79 Å². The average molecular weight is 355 g/mol. The van der Waals surface area contributed by atoms with Gasteiger partial charge < -0.3 is 15.4 Å². The van der Waals surface area contributed by atoms with Gasteiger partial charge in [-0.15, -0.1) is 12.4 Å². The third-order valence-electron chi connectivity index (χ3n) is 4.56. The van der Waals surface area contributed by atoms with E-state index in [1.807, 2.05) is 4.90 Å². The van der Waals surface area contributed by atoms with Crippen molar-refractivity contribution in [3.8, 4) is 0 Å². The van der Waals surface area contributed by atoms with E-state index >= 15 is 0 Å². The van der Waals surface area contributed by atoms with Gasteiger partial charge in [0.25, 0.3) is 0 Å². The first-order chi connectivity index (χ1) is 11.2. The lowest BCUT2D eigenvalue weighted by atomic mass is 10.0. The predicted molar refractivity (Wildman–Crippen MR) is 101 cm³/mol. The van der Waals surface area contributed by atoms with Crippen LogP contribution in [0.1, 0.15) is 43.7 Å². The predicted octanol–water partition coefficient (Wildman–Crippen LogP) is 2.96. The van der Waals surface area contributed by atoms with Gasteiger partial charge in [0.2, 0.25) is 5.91 Å². The number of carbonyl (C=O) groups is 1. The van der Waals surface area contributed by atoms with Crippen LogP contribution in [0.15, 0.2) is 24.3 Å². The van der Waals surface area contributed by atoms with Crippen LogP contribution in [0, 0.1) is 0 Å². The third-order valence-corrected chi connectivity index (χ3v) is 4.56. The number of amides is 1. The molecule has 0 spiro atoms. The maximum atomic E-state index is 12.3. The van der Waals surface area contributed by atoms with Gasteiger partial charge in [0.1, 0.15) is 0 Å². The summed E-state index contributed by atoms with van der Waals surface area (Å²) in [5, 5.41) is 0. The zero-order valence-corrected chi connectivity index (χ0v) is 15.5. The lowest BCUT2D eigenvalue weighted by Crippen LogP contribution is -2.41. The highest BCUT2D eigenvalue weighted by Gasteiger charge is 2.22. The fraction of sp³-hybridized carbons (Fsp3) is 0.632. The van der Waals surface area contributed by atoms with Crippen molar-refractivity contribution in [2.45, 2.75) is 51.6 Å². The maximum absolute atomic E-state index is 12.3. The Balaban J connectivity index is 0.00000288. The van der Waals surface area contributed by atoms with E-state index in [4.69, 9.17) is 10.5 Å². The Morgan fingerprint density at radius 3 is 2.42 bits per heavy atom. The normalized spacial score (nSPS) is 15.2. The number of likely N-dealkylation sites (tertiary alicyclic amines) is 1. The molecule has 0 atom stereocenters. The number of nitrogens with zero attached hydrogens (tertiary/aromatic N) is 1. The molecule has 2 N–H and O–H groups in total. The quantitative estimate of drug-likeness (QED) is 0.730. The van der Waals surface area contributed by atoms with Crippen molar-refractivity contribution in [1.29, 1.82) is 0 Å². The second-order valence-electron chi connectivity index (χ2n) is 6.26. The summed E-state index contributed by atoms with van der Waals surface area (Å²) < 4.78 is 5.78. The number of rotatable bonds is 8. The molecular weight excluding hydrogens is 324 g/mol. The molecular formula is C19H31ClN2O2. The fourth-order valence-corrected chi connectivity index (χ4v) is 2.96. The first-order valence-corrected chi connectivity index (χ1v) is 8.90. The zero-order valence-electron chi connectivity index (χ0n) is 14.7. The second-order valence-corrected chi connectivity index (χ2v) is 6.26. The second kappa shape index (κ2) is 11.5. The molecule has 4 nitrogen and oxygen atoms in total. The first kappa shape index (κ1) is 20.9. The van der Waals surface area contributed by atoms with E-state index in [1.54, 1.807) is 0 Å². The summed E-state index contributed by atoms with van der Waals surface area (Å²) in [5.74, 6) is 0.268. The zero-order chi connectivity index (χ0) is 16.5. The van der Waals surface area contributed by atoms with Gasteiger partial charge in [-0.2, -0.15) is 0 Å². The Hall–Kier alpha value is -1.10. The molecule has 0 saturated carbocycles. The molecule has 0 unspecified atom stereocenters. The van der Waals surface area contributed by atoms with Crippen LogP contribution in [0.5, 0.6) is 0 Å². The maximum Gasteiger partial charge on any atom is 0.222 e. The molecule has 0 aromatic heterocycles. The molecule has 24 heavy (non-hydrogen) atoms. The van der Waals surface area contributed by atoms with Crippen molar-refractivity contribution < 1.29 is 9.53 Å². The monoisotopic (exact) mass is 354 g/mol. The van der Waals surface area contributed by atoms with Gasteiger partial charge in [-0.05, 0) is 49.8 Å². The summed E-state index contributed by atoms with van der Waals surface area (Å²) in [4.78, 5) is 14.3. The van der Waals surface area contributed by atoms with Crippen LogP contribution >= 0.6 is 12.4 Å². The number of halogens is 1. The number of aryl methyl sites for hydroxylation is 2. The largest absolute Gasteiger partial charge is 0.378 e. The molecule has 1 heterocycles. The number of piperidine rings is 1. The molecule has 0 bridgehead atoms. The van der Waals surface area contributed by atoms with E-state index < -0.39 is 0 Å². The smallest absolute Gasteiger partial charge is 0.222 e. The molecule has 0 radical (unpaired) electrons. The van der Waals surface area contributed by atoms with Gasteiger partial charge in [-0.3, -0.25) is 4.79 Å². The topological polar surface area (TPSA) is 55.6 Å². The molecule has 1 amide bonds. The highest BCUT2D eigenvalue weighted by molar-refractivity contribution is 5.85. The fourth-order valence-electron chi connectivity index (χ4n) is 2.96. The minimum absolute atomic E-state index is 0. The van der Waals surface area contributed by atoms with Gasteiger partial charge in [-0.1, -0.05) is 31.2 Å². The third kappa shape index (κ3) is 6.80. The van der Waals surface area contributed by atoms with Crippen LogP contribution < -0.4 is 5.73 Å². The summed E-state index contributed by atoms with van der Waals surface area (Å²) >= 11 is 0. The summed E-state index contributed by atoms with van der Waals surface area (Å²) in [6.45, 7) is 5.21. The average Bonchev–Trinajstić information content (AvgIpc) is 2.61. The Morgan fingerprint density at radius 2 is 1.83 bits per heavy atom. The van der Waals surface area contributed by atoms with E-state index in [0.29, 0.717) is 19.1 Å². The first-order valence-electron chi connectivity index (χ1n) is 8.90. The van der Waals surface area contributed by atoms with Crippen molar-refractivity contribution in [3.63, 3.8) is 0 Å². The van der Waals surface area contributed by atoms with Crippen molar-refractivity contribution in [2.24, 2.45) is 5.73 Å². The van der Waals surface area contributed by atoms with Gasteiger partial charge in [-0.25, -0.2) is 0 Å². The standard InChI is InChI=1S/C19H30N2O2.ClH/c1-2-16-4-6-17(7-5-16)8-9-19(22)21-13-10-18(11-14-21)23-15-3-12-20;/h4-7,18H,2-3,8-15,20H2,1H3;1H. The van der Waals surface area contributed by atoms with Crippen LogP contribution in [-0.4, -0.2) is 43.2 Å². The van der Waals surface area contributed by atoms with Crippen molar-refractivity contribution >= 4 is 18.3 Å². The van der Waals surface area contributed by atoms with E-state index in [-0.39, 0.29) is 18.3 Å². The van der Waals surface area contributed by atoms with Gasteiger partial charge >= 0.3 is 0 Å². The molecule has 1 aromatic carbocycles. The summed E-state index contributed by atoms with van der Waals surface area (Å²) in [7, 11) is 0. The van der Waals surface area contributed by atoms with Gasteiger partial charge in [0.15, 0.2) is 0 Å². The molecule has 1 aliphatic rings. The van der Waals surface area contributed by atoms with Crippen molar-refractivity contribution in [1.82, 2.24) is 4.90 Å². The Kier molecular flexibility index (Phi) is 9.99. The Morgan fingerprint density at radius 1 is 1.21 bits per heavy atom. The lowest BCUT2D eigenvalue weighted by Gasteiger charge is -2.32. The van der Waals surface area contributed by atoms with Crippen molar-refractivity contribution in [2.75, 3.05) is 26.2 Å². The van der Waals surface area contributed by atoms with Crippen LogP contribution in [0.3, 0.4) is 0 Å². The SMILES string of the molecule is CCc1ccc(CCC(=O)N2CCC(OCCCN)CC2)cc1.Cl. The molecule has 1 aliphatic heterocycles. The van der Waals surface area contributed by atoms with Crippen LogP contribution in [-0.2, 0) is 22.4 Å². The molecule has 136 valence electrons. The Bertz CT molecular complexity index is 471. The number of nitrogens with two attached hydrogens (primary N) is 1. The molecule has 5 heteroatoms. The number of hydrogen-bond donors (Lipinski definition) is 1. The van der Waals surface area contributed by atoms with Crippen LogP contribution in [0.4, 0.5) is 0 Å². The molecule has 1 fully saturated rings. The highest BCUT2D eigenvalue weighted by atomic mass is 35.5. The molecule has 1 aromatic rings. The molecule has 1 saturated heterocycles. The lowest BCUT2D eigenvalue weighted by molar-refractivity contribution is -0.133. The minimum atomic E-state index is 0. The van der Waals surface area contributed by atoms with E-state index in [1.165, 1.54) is 11.1 Å². The number of carbonyl (C=O) groups excluding carboxylic acids is 1. The molecule has 2 rings (SSSR count). The highest BCUT2D eigenvalue weighted by Crippen LogP contribution is 2.16. The van der Waals surface area contributed by atoms with Gasteiger partial charge in [0.05, 0.1) is 6.10 Å². The van der Waals surface area contributed by atoms with Gasteiger partial charge in [0, 0.05) is 26.1 Å². The summed E-state index contributed by atoms with van der Waals surface area (Å²) in [6.07, 6.45) is 5.59. The van der Waals surface area contributed by atoms with E-state index in [0.717, 1.165) is 51.8 Å². The van der Waals surface area contributed by atoms with Crippen LogP contribution in [0.25, 0.3) is 0 Å². The number of hydrogen-bond acceptors (Lipinski definition) is 3. The van der Waals surface area contributed by atoms with Crippen LogP contribution in [0.2, 0.25) is 0 Å².